The molecule has 0 fully saturated rings. The van der Waals surface area contributed by atoms with E-state index in [1.807, 2.05) is 0 Å². The molecule has 5 heteroatoms. The van der Waals surface area contributed by atoms with Crippen molar-refractivity contribution in [1.29, 1.82) is 0 Å². The number of aromatic nitrogens is 2. The number of hydrogen-bond acceptors (Lipinski definition) is 5. The summed E-state index contributed by atoms with van der Waals surface area (Å²) in [6.45, 7) is 3.41. The highest BCUT2D eigenvalue weighted by Crippen LogP contribution is 2.17. The molecule has 0 aromatic carbocycles. The third-order valence-corrected chi connectivity index (χ3v) is 3.20. The molecule has 0 radical (unpaired) electrons. The smallest absolute Gasteiger partial charge is 0.294 e. The predicted molar refractivity (Wildman–Crippen MR) is 66.7 cm³/mol. The van der Waals surface area contributed by atoms with Crippen LogP contribution in [0.25, 0.3) is 0 Å². The molecule has 0 atom stereocenters. The molecule has 16 heavy (non-hydrogen) atoms. The summed E-state index contributed by atoms with van der Waals surface area (Å²) in [4.78, 5) is 0. The average molecular weight is 243 g/mol. The van der Waals surface area contributed by atoms with Gasteiger partial charge in [-0.15, -0.1) is 10.2 Å². The van der Waals surface area contributed by atoms with E-state index in [4.69, 9.17) is 10.5 Å². The molecule has 0 aliphatic rings. The minimum Gasteiger partial charge on any atom is -0.469 e. The molecule has 0 saturated carbocycles. The molecule has 0 amide bonds. The summed E-state index contributed by atoms with van der Waals surface area (Å²) < 4.78 is 5.48. The van der Waals surface area contributed by atoms with Crippen LogP contribution in [0.4, 0.5) is 0 Å². The first-order chi connectivity index (χ1) is 7.86. The van der Waals surface area contributed by atoms with Gasteiger partial charge in [-0.3, -0.25) is 0 Å². The first-order valence-electron chi connectivity index (χ1n) is 6.02. The Hall–Kier alpha value is -0.680. The second kappa shape index (κ2) is 8.47. The molecule has 0 bridgehead atoms. The van der Waals surface area contributed by atoms with Crippen molar-refractivity contribution in [3.8, 4) is 5.19 Å². The number of unbranched alkanes of at least 4 members (excludes halogenated alkanes) is 5. The first-order valence-corrected chi connectivity index (χ1v) is 6.83. The zero-order valence-electron chi connectivity index (χ0n) is 9.95. The van der Waals surface area contributed by atoms with E-state index in [2.05, 4.69) is 17.1 Å². The van der Waals surface area contributed by atoms with Crippen LogP contribution in [-0.4, -0.2) is 16.8 Å². The van der Waals surface area contributed by atoms with Crippen LogP contribution in [0.1, 0.15) is 50.5 Å². The Morgan fingerprint density at radius 3 is 2.56 bits per heavy atom. The van der Waals surface area contributed by atoms with Crippen LogP contribution in [0.3, 0.4) is 0 Å². The van der Waals surface area contributed by atoms with E-state index >= 15 is 0 Å². The van der Waals surface area contributed by atoms with Gasteiger partial charge in [0.25, 0.3) is 5.19 Å². The maximum atomic E-state index is 5.48. The van der Waals surface area contributed by atoms with Gasteiger partial charge in [0, 0.05) is 6.54 Å². The van der Waals surface area contributed by atoms with Gasteiger partial charge in [0.1, 0.15) is 5.01 Å². The zero-order chi connectivity index (χ0) is 11.6. The summed E-state index contributed by atoms with van der Waals surface area (Å²) in [6.07, 6.45) is 7.62. The summed E-state index contributed by atoms with van der Waals surface area (Å²) in [6, 6.07) is 0. The number of rotatable bonds is 9. The van der Waals surface area contributed by atoms with Crippen LogP contribution in [0.15, 0.2) is 0 Å². The molecular weight excluding hydrogens is 222 g/mol. The van der Waals surface area contributed by atoms with E-state index in [1.54, 1.807) is 0 Å². The van der Waals surface area contributed by atoms with E-state index in [9.17, 15) is 0 Å². The van der Waals surface area contributed by atoms with Crippen molar-refractivity contribution in [1.82, 2.24) is 10.2 Å². The second-order valence-corrected chi connectivity index (χ2v) is 4.81. The third kappa shape index (κ3) is 5.42. The van der Waals surface area contributed by atoms with Gasteiger partial charge in [-0.2, -0.15) is 0 Å². The van der Waals surface area contributed by atoms with E-state index < -0.39 is 0 Å². The van der Waals surface area contributed by atoms with Crippen LogP contribution in [0, 0.1) is 0 Å². The lowest BCUT2D eigenvalue weighted by Gasteiger charge is -2.01. The van der Waals surface area contributed by atoms with Crippen molar-refractivity contribution in [3.63, 3.8) is 0 Å². The fourth-order valence-electron chi connectivity index (χ4n) is 1.42. The lowest BCUT2D eigenvalue weighted by atomic mass is 10.1. The summed E-state index contributed by atoms with van der Waals surface area (Å²) in [5, 5.41) is 9.27. The Bertz CT molecular complexity index is 278. The molecule has 0 unspecified atom stereocenters. The van der Waals surface area contributed by atoms with Crippen LogP contribution in [0.5, 0.6) is 5.19 Å². The minimum absolute atomic E-state index is 0.443. The fourth-order valence-corrected chi connectivity index (χ4v) is 2.01. The molecular formula is C11H21N3OS. The predicted octanol–water partition coefficient (Wildman–Crippen LogP) is 2.74. The van der Waals surface area contributed by atoms with E-state index in [0.29, 0.717) is 11.7 Å². The molecule has 92 valence electrons. The highest BCUT2D eigenvalue weighted by molar-refractivity contribution is 7.13. The standard InChI is InChI=1S/C11H21N3OS/c1-2-3-4-5-6-7-8-15-11-14-13-10(9-12)16-11/h2-9,12H2,1H3. The van der Waals surface area contributed by atoms with Crippen molar-refractivity contribution >= 4 is 11.3 Å². The maximum absolute atomic E-state index is 5.48. The SMILES string of the molecule is CCCCCCCCOc1nnc(CN)s1. The summed E-state index contributed by atoms with van der Waals surface area (Å²) in [5.41, 5.74) is 5.44. The lowest BCUT2D eigenvalue weighted by molar-refractivity contribution is 0.300. The molecule has 0 aliphatic heterocycles. The highest BCUT2D eigenvalue weighted by atomic mass is 32.1. The molecule has 0 spiro atoms. The van der Waals surface area contributed by atoms with Gasteiger partial charge in [-0.25, -0.2) is 0 Å². The Labute approximate surface area is 101 Å². The van der Waals surface area contributed by atoms with Crippen LogP contribution < -0.4 is 10.5 Å². The largest absolute Gasteiger partial charge is 0.469 e. The number of nitrogens with zero attached hydrogens (tertiary/aromatic N) is 2. The number of nitrogens with two attached hydrogens (primary N) is 1. The van der Waals surface area contributed by atoms with Gasteiger partial charge in [0.2, 0.25) is 0 Å². The molecule has 0 saturated heterocycles. The van der Waals surface area contributed by atoms with Gasteiger partial charge in [-0.05, 0) is 6.42 Å². The molecule has 0 aliphatic carbocycles. The summed E-state index contributed by atoms with van der Waals surface area (Å²) >= 11 is 1.44. The van der Waals surface area contributed by atoms with Crippen molar-refractivity contribution < 1.29 is 4.74 Å². The minimum atomic E-state index is 0.443. The van der Waals surface area contributed by atoms with Crippen molar-refractivity contribution in [2.24, 2.45) is 5.73 Å². The Morgan fingerprint density at radius 1 is 1.12 bits per heavy atom. The maximum Gasteiger partial charge on any atom is 0.294 e. The average Bonchev–Trinajstić information content (AvgIpc) is 2.76. The van der Waals surface area contributed by atoms with Crippen molar-refractivity contribution in [3.05, 3.63) is 5.01 Å². The number of ether oxygens (including phenoxy) is 1. The molecule has 1 aromatic heterocycles. The van der Waals surface area contributed by atoms with Crippen molar-refractivity contribution in [2.75, 3.05) is 6.61 Å². The topological polar surface area (TPSA) is 61.0 Å². The van der Waals surface area contributed by atoms with Crippen molar-refractivity contribution in [2.45, 2.75) is 52.0 Å². The van der Waals surface area contributed by atoms with E-state index in [-0.39, 0.29) is 0 Å². The Kier molecular flexibility index (Phi) is 7.09. The third-order valence-electron chi connectivity index (χ3n) is 2.35. The molecule has 1 aromatic rings. The fraction of sp³-hybridized carbons (Fsp3) is 0.818. The summed E-state index contributed by atoms with van der Waals surface area (Å²) in [7, 11) is 0. The summed E-state index contributed by atoms with van der Waals surface area (Å²) in [5.74, 6) is 0. The van der Waals surface area contributed by atoms with Gasteiger partial charge in [-0.1, -0.05) is 50.4 Å². The van der Waals surface area contributed by atoms with E-state index in [1.165, 1.54) is 43.4 Å². The van der Waals surface area contributed by atoms with Crippen LogP contribution >= 0.6 is 11.3 Å². The van der Waals surface area contributed by atoms with Gasteiger partial charge in [0.05, 0.1) is 6.61 Å². The number of hydrogen-bond donors (Lipinski definition) is 1. The molecule has 1 rings (SSSR count). The Balaban J connectivity index is 1.98. The van der Waals surface area contributed by atoms with Crippen LogP contribution in [-0.2, 0) is 6.54 Å². The second-order valence-electron chi connectivity index (χ2n) is 3.78. The monoisotopic (exact) mass is 243 g/mol. The highest BCUT2D eigenvalue weighted by Gasteiger charge is 2.02. The zero-order valence-corrected chi connectivity index (χ0v) is 10.8. The molecule has 2 N–H and O–H groups in total. The van der Waals surface area contributed by atoms with E-state index in [0.717, 1.165) is 18.0 Å². The quantitative estimate of drug-likeness (QED) is 0.677. The molecule has 4 nitrogen and oxygen atoms in total. The van der Waals surface area contributed by atoms with Gasteiger partial charge < -0.3 is 10.5 Å². The van der Waals surface area contributed by atoms with Gasteiger partial charge in [0.15, 0.2) is 0 Å². The van der Waals surface area contributed by atoms with Gasteiger partial charge >= 0.3 is 0 Å². The Morgan fingerprint density at radius 2 is 1.88 bits per heavy atom. The van der Waals surface area contributed by atoms with Crippen LogP contribution in [0.2, 0.25) is 0 Å². The molecule has 1 heterocycles. The first kappa shape index (κ1) is 13.4. The lowest BCUT2D eigenvalue weighted by Crippen LogP contribution is -1.96. The normalized spacial score (nSPS) is 10.6.